The number of anilines is 2. The molecule has 0 amide bonds. The minimum atomic E-state index is 0.830. The maximum atomic E-state index is 5.50. The topological polar surface area (TPSA) is 53.5 Å². The Morgan fingerprint density at radius 1 is 0.970 bits per heavy atom. The summed E-state index contributed by atoms with van der Waals surface area (Å²) in [5.74, 6) is 1.83. The van der Waals surface area contributed by atoms with Gasteiger partial charge in [-0.1, -0.05) is 45.9 Å². The fraction of sp³-hybridized carbons (Fsp3) is 0.630. The number of aryl methyl sites for hydroxylation is 3. The van der Waals surface area contributed by atoms with Crippen LogP contribution in [0.15, 0.2) is 18.2 Å². The van der Waals surface area contributed by atoms with Crippen LogP contribution in [0.4, 0.5) is 11.5 Å². The fourth-order valence-corrected chi connectivity index (χ4v) is 4.74. The number of nitrogens with one attached hydrogen (secondary N) is 1. The monoisotopic (exact) mass is 453 g/mol. The molecule has 0 unspecified atom stereocenters. The zero-order valence-corrected chi connectivity index (χ0v) is 21.4. The Kier molecular flexibility index (Phi) is 9.95. The SMILES string of the molecule is CCCN(CCC)c1c(C)nc(-c2c(CC)cccc2CC)nc1NCCN1CCOCC1. The Labute approximate surface area is 200 Å². The van der Waals surface area contributed by atoms with Gasteiger partial charge in [-0.15, -0.1) is 0 Å². The first-order valence-electron chi connectivity index (χ1n) is 12.9. The summed E-state index contributed by atoms with van der Waals surface area (Å²) in [7, 11) is 0. The second-order valence-electron chi connectivity index (χ2n) is 8.86. The van der Waals surface area contributed by atoms with Crippen LogP contribution in [0, 0.1) is 6.92 Å². The van der Waals surface area contributed by atoms with E-state index in [1.54, 1.807) is 0 Å². The lowest BCUT2D eigenvalue weighted by atomic mass is 9.97. The summed E-state index contributed by atoms with van der Waals surface area (Å²) in [5, 5.41) is 3.71. The quantitative estimate of drug-likeness (QED) is 0.491. The third-order valence-electron chi connectivity index (χ3n) is 6.41. The normalized spacial score (nSPS) is 14.5. The summed E-state index contributed by atoms with van der Waals surface area (Å²) in [6.45, 7) is 18.6. The number of rotatable bonds is 12. The highest BCUT2D eigenvalue weighted by Gasteiger charge is 2.21. The van der Waals surface area contributed by atoms with Gasteiger partial charge in [0.1, 0.15) is 5.69 Å². The molecule has 2 aromatic rings. The van der Waals surface area contributed by atoms with Crippen LogP contribution in [0.2, 0.25) is 0 Å². The zero-order valence-electron chi connectivity index (χ0n) is 21.4. The van der Waals surface area contributed by atoms with Crippen molar-refractivity contribution in [1.82, 2.24) is 14.9 Å². The minimum absolute atomic E-state index is 0.830. The molecule has 0 aliphatic carbocycles. The van der Waals surface area contributed by atoms with Crippen molar-refractivity contribution in [3.05, 3.63) is 35.0 Å². The lowest BCUT2D eigenvalue weighted by Crippen LogP contribution is -2.39. The Bertz CT molecular complexity index is 851. The van der Waals surface area contributed by atoms with E-state index in [1.165, 1.54) is 16.7 Å². The van der Waals surface area contributed by atoms with E-state index in [0.29, 0.717) is 0 Å². The number of morpholine rings is 1. The van der Waals surface area contributed by atoms with Crippen LogP contribution >= 0.6 is 0 Å². The van der Waals surface area contributed by atoms with Crippen LogP contribution in [-0.4, -0.2) is 67.4 Å². The highest BCUT2D eigenvalue weighted by atomic mass is 16.5. The van der Waals surface area contributed by atoms with E-state index in [4.69, 9.17) is 14.7 Å². The van der Waals surface area contributed by atoms with Gasteiger partial charge in [0, 0.05) is 44.8 Å². The minimum Gasteiger partial charge on any atom is -0.379 e. The predicted octanol–water partition coefficient (Wildman–Crippen LogP) is 4.95. The van der Waals surface area contributed by atoms with Gasteiger partial charge in [-0.3, -0.25) is 4.90 Å². The third-order valence-corrected chi connectivity index (χ3v) is 6.41. The number of nitrogens with zero attached hydrogens (tertiary/aromatic N) is 4. The van der Waals surface area contributed by atoms with Gasteiger partial charge in [0.25, 0.3) is 0 Å². The van der Waals surface area contributed by atoms with E-state index in [9.17, 15) is 0 Å². The van der Waals surface area contributed by atoms with Crippen LogP contribution in [0.3, 0.4) is 0 Å². The number of aromatic nitrogens is 2. The van der Waals surface area contributed by atoms with Crippen molar-refractivity contribution >= 4 is 11.5 Å². The Morgan fingerprint density at radius 2 is 1.61 bits per heavy atom. The van der Waals surface area contributed by atoms with E-state index in [1.807, 2.05) is 0 Å². The average molecular weight is 454 g/mol. The van der Waals surface area contributed by atoms with Crippen molar-refractivity contribution in [1.29, 1.82) is 0 Å². The van der Waals surface area contributed by atoms with Crippen molar-refractivity contribution in [2.45, 2.75) is 60.3 Å². The van der Waals surface area contributed by atoms with E-state index in [0.717, 1.165) is 101 Å². The maximum absolute atomic E-state index is 5.50. The van der Waals surface area contributed by atoms with Gasteiger partial charge in [0.2, 0.25) is 0 Å². The molecule has 0 bridgehead atoms. The molecule has 0 saturated carbocycles. The summed E-state index contributed by atoms with van der Waals surface area (Å²) in [6, 6.07) is 6.59. The van der Waals surface area contributed by atoms with Crippen molar-refractivity contribution in [2.75, 3.05) is 62.7 Å². The van der Waals surface area contributed by atoms with Gasteiger partial charge >= 0.3 is 0 Å². The van der Waals surface area contributed by atoms with E-state index in [2.05, 4.69) is 67.9 Å². The molecule has 0 radical (unpaired) electrons. The molecule has 1 aromatic carbocycles. The summed E-state index contributed by atoms with van der Waals surface area (Å²) >= 11 is 0. The highest BCUT2D eigenvalue weighted by molar-refractivity contribution is 5.74. The lowest BCUT2D eigenvalue weighted by Gasteiger charge is -2.29. The van der Waals surface area contributed by atoms with Crippen LogP contribution < -0.4 is 10.2 Å². The molecule has 0 atom stereocenters. The molecule has 1 aromatic heterocycles. The number of hydrogen-bond donors (Lipinski definition) is 1. The number of ether oxygens (including phenoxy) is 1. The first kappa shape index (κ1) is 25.4. The maximum Gasteiger partial charge on any atom is 0.162 e. The molecule has 1 aliphatic rings. The van der Waals surface area contributed by atoms with E-state index in [-0.39, 0.29) is 0 Å². The Morgan fingerprint density at radius 3 is 2.18 bits per heavy atom. The molecule has 1 aliphatic heterocycles. The van der Waals surface area contributed by atoms with Crippen molar-refractivity contribution < 1.29 is 4.74 Å². The van der Waals surface area contributed by atoms with Crippen molar-refractivity contribution in [2.24, 2.45) is 0 Å². The highest BCUT2D eigenvalue weighted by Crippen LogP contribution is 2.33. The van der Waals surface area contributed by atoms with E-state index >= 15 is 0 Å². The average Bonchev–Trinajstić information content (AvgIpc) is 2.84. The molecule has 1 N–H and O–H groups in total. The third kappa shape index (κ3) is 6.45. The summed E-state index contributed by atoms with van der Waals surface area (Å²) in [4.78, 5) is 15.2. The summed E-state index contributed by atoms with van der Waals surface area (Å²) in [5.41, 5.74) is 6.07. The summed E-state index contributed by atoms with van der Waals surface area (Å²) < 4.78 is 5.50. The van der Waals surface area contributed by atoms with Gasteiger partial charge in [-0.2, -0.15) is 0 Å². The number of benzene rings is 1. The predicted molar refractivity (Wildman–Crippen MR) is 140 cm³/mol. The fourth-order valence-electron chi connectivity index (χ4n) is 4.74. The van der Waals surface area contributed by atoms with Crippen LogP contribution in [0.1, 0.15) is 57.4 Å². The molecular weight excluding hydrogens is 410 g/mol. The van der Waals surface area contributed by atoms with Crippen molar-refractivity contribution in [3.63, 3.8) is 0 Å². The molecule has 1 saturated heterocycles. The molecule has 3 rings (SSSR count). The van der Waals surface area contributed by atoms with Crippen LogP contribution in [-0.2, 0) is 17.6 Å². The second-order valence-corrected chi connectivity index (χ2v) is 8.86. The Balaban J connectivity index is 2.00. The van der Waals surface area contributed by atoms with Crippen molar-refractivity contribution in [3.8, 4) is 11.4 Å². The zero-order chi connectivity index (χ0) is 23.6. The van der Waals surface area contributed by atoms with Gasteiger partial charge in [-0.05, 0) is 43.7 Å². The molecule has 6 heteroatoms. The van der Waals surface area contributed by atoms with E-state index < -0.39 is 0 Å². The Hall–Kier alpha value is -2.18. The lowest BCUT2D eigenvalue weighted by molar-refractivity contribution is 0.0398. The standard InChI is InChI=1S/C27H43N5O/c1-6-14-32(15-7-2)25-21(5)29-26(24-22(8-3)11-10-12-23(24)9-4)30-27(25)28-13-16-31-17-19-33-20-18-31/h10-12H,6-9,13-20H2,1-5H3,(H,28,29,30). The van der Waals surface area contributed by atoms with Gasteiger partial charge < -0.3 is 15.0 Å². The van der Waals surface area contributed by atoms with Crippen LogP contribution in [0.5, 0.6) is 0 Å². The van der Waals surface area contributed by atoms with Crippen LogP contribution in [0.25, 0.3) is 11.4 Å². The molecule has 6 nitrogen and oxygen atoms in total. The molecule has 182 valence electrons. The molecular formula is C27H43N5O. The van der Waals surface area contributed by atoms with Gasteiger partial charge in [-0.25, -0.2) is 9.97 Å². The second kappa shape index (κ2) is 12.9. The molecule has 1 fully saturated rings. The first-order chi connectivity index (χ1) is 16.1. The number of hydrogen-bond acceptors (Lipinski definition) is 6. The van der Waals surface area contributed by atoms with Gasteiger partial charge in [0.05, 0.1) is 18.9 Å². The molecule has 0 spiro atoms. The van der Waals surface area contributed by atoms with Gasteiger partial charge in [0.15, 0.2) is 11.6 Å². The smallest absolute Gasteiger partial charge is 0.162 e. The molecule has 2 heterocycles. The summed E-state index contributed by atoms with van der Waals surface area (Å²) in [6.07, 6.45) is 4.16. The largest absolute Gasteiger partial charge is 0.379 e. The molecule has 33 heavy (non-hydrogen) atoms. The first-order valence-corrected chi connectivity index (χ1v) is 12.9.